The smallest absolute Gasteiger partial charge is 0.332 e. The van der Waals surface area contributed by atoms with E-state index in [9.17, 15) is 4.79 Å². The molecule has 0 aliphatic heterocycles. The average Bonchev–Trinajstić information content (AvgIpc) is 2.54. The third kappa shape index (κ3) is 5.92. The molecule has 2 amide bonds. The maximum Gasteiger partial charge on any atom is 0.332 e. The fraction of sp³-hybridized carbons (Fsp3) is 0.176. The topological polar surface area (TPSA) is 85.9 Å². The van der Waals surface area contributed by atoms with Gasteiger partial charge in [0.25, 0.3) is 0 Å². The van der Waals surface area contributed by atoms with Crippen LogP contribution < -0.4 is 20.6 Å². The molecule has 2 rings (SSSR count). The Morgan fingerprint density at radius 1 is 1.21 bits per heavy atom. The number of hydrogen-bond donors (Lipinski definition) is 2. The number of primary amides is 1. The maximum atomic E-state index is 10.6. The first-order valence-corrected chi connectivity index (χ1v) is 8.04. The molecule has 0 fully saturated rings. The van der Waals surface area contributed by atoms with Gasteiger partial charge in [0.2, 0.25) is 0 Å². The zero-order valence-corrected chi connectivity index (χ0v) is 14.7. The second-order valence-corrected chi connectivity index (χ2v) is 5.84. The van der Waals surface area contributed by atoms with Gasteiger partial charge in [0.05, 0.1) is 6.21 Å². The SMILES string of the molecule is Cc1ccc(OCCOc2ccc(Br)cc2/C=N/NC(N)=O)cc1. The number of hydrazone groups is 1. The van der Waals surface area contributed by atoms with E-state index in [2.05, 4.69) is 26.5 Å². The number of ether oxygens (including phenoxy) is 2. The summed E-state index contributed by atoms with van der Waals surface area (Å²) in [6.45, 7) is 2.81. The van der Waals surface area contributed by atoms with Crippen molar-refractivity contribution in [3.63, 3.8) is 0 Å². The number of halogens is 1. The van der Waals surface area contributed by atoms with Crippen molar-refractivity contribution in [2.24, 2.45) is 10.8 Å². The van der Waals surface area contributed by atoms with E-state index in [4.69, 9.17) is 15.2 Å². The Kier molecular flexibility index (Phi) is 6.62. The van der Waals surface area contributed by atoms with Crippen LogP contribution in [0.4, 0.5) is 4.79 Å². The van der Waals surface area contributed by atoms with E-state index in [1.54, 1.807) is 0 Å². The molecule has 2 aromatic carbocycles. The molecule has 6 nitrogen and oxygen atoms in total. The summed E-state index contributed by atoms with van der Waals surface area (Å²) in [5.74, 6) is 1.42. The van der Waals surface area contributed by atoms with Crippen molar-refractivity contribution >= 4 is 28.2 Å². The molecular formula is C17H18BrN3O3. The van der Waals surface area contributed by atoms with Crippen LogP contribution in [0.15, 0.2) is 52.0 Å². The lowest BCUT2D eigenvalue weighted by atomic mass is 10.2. The number of amides is 2. The van der Waals surface area contributed by atoms with Crippen LogP contribution in [0, 0.1) is 6.92 Å². The van der Waals surface area contributed by atoms with Gasteiger partial charge < -0.3 is 15.2 Å². The number of nitrogens with zero attached hydrogens (tertiary/aromatic N) is 1. The lowest BCUT2D eigenvalue weighted by Gasteiger charge is -2.11. The molecule has 0 atom stereocenters. The average molecular weight is 392 g/mol. The van der Waals surface area contributed by atoms with Crippen LogP contribution in [-0.4, -0.2) is 25.5 Å². The first-order chi connectivity index (χ1) is 11.5. The van der Waals surface area contributed by atoms with Crippen molar-refractivity contribution < 1.29 is 14.3 Å². The Bertz CT molecular complexity index is 718. The summed E-state index contributed by atoms with van der Waals surface area (Å²) in [5.41, 5.74) is 9.00. The lowest BCUT2D eigenvalue weighted by Crippen LogP contribution is -2.24. The van der Waals surface area contributed by atoms with Crippen molar-refractivity contribution in [2.75, 3.05) is 13.2 Å². The summed E-state index contributed by atoms with van der Waals surface area (Å²) in [7, 11) is 0. The van der Waals surface area contributed by atoms with Crippen LogP contribution in [0.25, 0.3) is 0 Å². The highest BCUT2D eigenvalue weighted by Gasteiger charge is 2.03. The number of nitrogens with two attached hydrogens (primary N) is 1. The molecule has 0 aromatic heterocycles. The van der Waals surface area contributed by atoms with E-state index in [1.807, 2.05) is 49.4 Å². The van der Waals surface area contributed by atoms with Gasteiger partial charge in [0.1, 0.15) is 24.7 Å². The van der Waals surface area contributed by atoms with E-state index in [1.165, 1.54) is 11.8 Å². The lowest BCUT2D eigenvalue weighted by molar-refractivity contribution is 0.217. The van der Waals surface area contributed by atoms with E-state index in [0.29, 0.717) is 24.5 Å². The summed E-state index contributed by atoms with van der Waals surface area (Å²) in [6, 6.07) is 12.6. The number of aryl methyl sites for hydroxylation is 1. The third-order valence-corrected chi connectivity index (χ3v) is 3.47. The number of urea groups is 1. The minimum atomic E-state index is -0.727. The Labute approximate surface area is 148 Å². The van der Waals surface area contributed by atoms with Gasteiger partial charge in [-0.3, -0.25) is 0 Å². The molecular weight excluding hydrogens is 374 g/mol. The predicted octanol–water partition coefficient (Wildman–Crippen LogP) is 3.22. The molecule has 0 aliphatic carbocycles. The zero-order chi connectivity index (χ0) is 17.4. The van der Waals surface area contributed by atoms with Crippen LogP contribution in [0.3, 0.4) is 0 Å². The van der Waals surface area contributed by atoms with E-state index in [-0.39, 0.29) is 0 Å². The molecule has 0 saturated carbocycles. The molecule has 0 aliphatic rings. The molecule has 126 valence electrons. The molecule has 24 heavy (non-hydrogen) atoms. The van der Waals surface area contributed by atoms with E-state index in [0.717, 1.165) is 10.2 Å². The summed E-state index contributed by atoms with van der Waals surface area (Å²) in [4.78, 5) is 10.6. The molecule has 0 heterocycles. The summed E-state index contributed by atoms with van der Waals surface area (Å²) < 4.78 is 12.2. The van der Waals surface area contributed by atoms with Gasteiger partial charge in [-0.15, -0.1) is 0 Å². The normalized spacial score (nSPS) is 10.6. The Hall–Kier alpha value is -2.54. The highest BCUT2D eigenvalue weighted by Crippen LogP contribution is 2.22. The molecule has 2 aromatic rings. The number of carbonyl (C=O) groups excluding carboxylic acids is 1. The van der Waals surface area contributed by atoms with Gasteiger partial charge in [-0.1, -0.05) is 33.6 Å². The van der Waals surface area contributed by atoms with Crippen LogP contribution >= 0.6 is 15.9 Å². The number of carbonyl (C=O) groups is 1. The minimum Gasteiger partial charge on any atom is -0.490 e. The maximum absolute atomic E-state index is 10.6. The van der Waals surface area contributed by atoms with Crippen LogP contribution in [0.1, 0.15) is 11.1 Å². The summed E-state index contributed by atoms with van der Waals surface area (Å²) in [6.07, 6.45) is 1.46. The fourth-order valence-electron chi connectivity index (χ4n) is 1.86. The quantitative estimate of drug-likeness (QED) is 0.431. The molecule has 0 saturated heterocycles. The monoisotopic (exact) mass is 391 g/mol. The largest absolute Gasteiger partial charge is 0.490 e. The first kappa shape index (κ1) is 17.8. The fourth-order valence-corrected chi connectivity index (χ4v) is 2.24. The Balaban J connectivity index is 1.90. The van der Waals surface area contributed by atoms with Crippen LogP contribution in [-0.2, 0) is 0 Å². The first-order valence-electron chi connectivity index (χ1n) is 7.25. The zero-order valence-electron chi connectivity index (χ0n) is 13.2. The molecule has 0 spiro atoms. The van der Waals surface area contributed by atoms with E-state index < -0.39 is 6.03 Å². The van der Waals surface area contributed by atoms with Gasteiger partial charge in [-0.2, -0.15) is 5.10 Å². The van der Waals surface area contributed by atoms with Crippen molar-refractivity contribution in [1.82, 2.24) is 5.43 Å². The van der Waals surface area contributed by atoms with Gasteiger partial charge in [0, 0.05) is 10.0 Å². The van der Waals surface area contributed by atoms with Crippen LogP contribution in [0.2, 0.25) is 0 Å². The highest BCUT2D eigenvalue weighted by atomic mass is 79.9. The van der Waals surface area contributed by atoms with Gasteiger partial charge >= 0.3 is 6.03 Å². The van der Waals surface area contributed by atoms with Crippen LogP contribution in [0.5, 0.6) is 11.5 Å². The summed E-state index contributed by atoms with van der Waals surface area (Å²) in [5, 5.41) is 3.75. The standard InChI is InChI=1S/C17H18BrN3O3/c1-12-2-5-15(6-3-12)23-8-9-24-16-7-4-14(18)10-13(16)11-20-21-17(19)22/h2-7,10-11H,8-9H2,1H3,(H3,19,21,22)/b20-11+. The summed E-state index contributed by atoms with van der Waals surface area (Å²) >= 11 is 3.38. The van der Waals surface area contributed by atoms with Crippen molar-refractivity contribution in [1.29, 1.82) is 0 Å². The molecule has 0 bridgehead atoms. The number of benzene rings is 2. The predicted molar refractivity (Wildman–Crippen MR) is 96.6 cm³/mol. The minimum absolute atomic E-state index is 0.375. The molecule has 0 radical (unpaired) electrons. The molecule has 0 unspecified atom stereocenters. The van der Waals surface area contributed by atoms with Gasteiger partial charge in [-0.05, 0) is 37.3 Å². The number of nitrogens with one attached hydrogen (secondary N) is 1. The Morgan fingerprint density at radius 2 is 1.92 bits per heavy atom. The third-order valence-electron chi connectivity index (χ3n) is 2.98. The van der Waals surface area contributed by atoms with Crippen molar-refractivity contribution in [3.05, 3.63) is 58.1 Å². The Morgan fingerprint density at radius 3 is 2.62 bits per heavy atom. The van der Waals surface area contributed by atoms with Crippen molar-refractivity contribution in [3.8, 4) is 11.5 Å². The van der Waals surface area contributed by atoms with E-state index >= 15 is 0 Å². The molecule has 3 N–H and O–H groups in total. The number of hydrogen-bond acceptors (Lipinski definition) is 4. The second kappa shape index (κ2) is 8.93. The highest BCUT2D eigenvalue weighted by molar-refractivity contribution is 9.10. The van der Waals surface area contributed by atoms with Crippen molar-refractivity contribution in [2.45, 2.75) is 6.92 Å². The second-order valence-electron chi connectivity index (χ2n) is 4.93. The molecule has 7 heteroatoms. The van der Waals surface area contributed by atoms with Gasteiger partial charge in [-0.25, -0.2) is 10.2 Å². The number of rotatable bonds is 7. The van der Waals surface area contributed by atoms with Gasteiger partial charge in [0.15, 0.2) is 0 Å².